The van der Waals surface area contributed by atoms with Crippen molar-refractivity contribution in [1.82, 2.24) is 0 Å². The Morgan fingerprint density at radius 1 is 0.618 bits per heavy atom. The number of hydrogen-bond acceptors (Lipinski definition) is 4. The first-order chi connectivity index (χ1) is 16.8. The lowest BCUT2D eigenvalue weighted by Gasteiger charge is -2.33. The zero-order chi connectivity index (χ0) is 22.5. The molecule has 4 aromatic rings. The van der Waals surface area contributed by atoms with Crippen LogP contribution in [0.3, 0.4) is 0 Å². The second-order valence-corrected chi connectivity index (χ2v) is 9.23. The number of nitrogens with zero attached hydrogens (tertiary/aromatic N) is 1. The predicted molar refractivity (Wildman–Crippen MR) is 132 cm³/mol. The fourth-order valence-corrected chi connectivity index (χ4v) is 5.84. The van der Waals surface area contributed by atoms with Crippen LogP contribution in [-0.4, -0.2) is 26.4 Å². The van der Waals surface area contributed by atoms with Gasteiger partial charge in [-0.2, -0.15) is 0 Å². The van der Waals surface area contributed by atoms with Crippen LogP contribution in [-0.2, 0) is 5.41 Å². The Kier molecular flexibility index (Phi) is 4.34. The van der Waals surface area contributed by atoms with E-state index in [0.29, 0.717) is 19.8 Å². The minimum absolute atomic E-state index is 0.101. The van der Waals surface area contributed by atoms with Gasteiger partial charge in [-0.3, -0.25) is 0 Å². The van der Waals surface area contributed by atoms with Crippen LogP contribution >= 0.6 is 0 Å². The molecule has 0 saturated heterocycles. The normalized spacial score (nSPS) is 19.7. The van der Waals surface area contributed by atoms with Gasteiger partial charge in [0, 0.05) is 23.9 Å². The molecule has 4 aromatic carbocycles. The standard InChI is InChI=1S/C30H25NO3/c1-3-9-21(10-4-1)29(22-11-5-2-6-12-22)31-19-30(23-13-7-8-14-25(23)31)20-34-26-18-28-27(17-24(26)30)32-15-16-33-28/h1-14,17-18,29H,15-16,19-20H2. The van der Waals surface area contributed by atoms with Crippen LogP contribution in [0.5, 0.6) is 17.2 Å². The average Bonchev–Trinajstić information content (AvgIpc) is 3.43. The Bertz CT molecular complexity index is 1310. The molecule has 0 amide bonds. The van der Waals surface area contributed by atoms with E-state index in [2.05, 4.69) is 95.9 Å². The molecule has 1 atom stereocenters. The monoisotopic (exact) mass is 447 g/mol. The van der Waals surface area contributed by atoms with Gasteiger partial charge < -0.3 is 19.1 Å². The first-order valence-electron chi connectivity index (χ1n) is 11.9. The van der Waals surface area contributed by atoms with E-state index >= 15 is 0 Å². The van der Waals surface area contributed by atoms with Gasteiger partial charge in [-0.1, -0.05) is 78.9 Å². The van der Waals surface area contributed by atoms with Crippen molar-refractivity contribution < 1.29 is 14.2 Å². The van der Waals surface area contributed by atoms with Gasteiger partial charge in [0.25, 0.3) is 0 Å². The van der Waals surface area contributed by atoms with E-state index in [0.717, 1.165) is 23.8 Å². The minimum atomic E-state index is -0.260. The van der Waals surface area contributed by atoms with Crippen molar-refractivity contribution in [3.8, 4) is 17.2 Å². The van der Waals surface area contributed by atoms with Crippen LogP contribution in [0.1, 0.15) is 28.3 Å². The Morgan fingerprint density at radius 3 is 1.94 bits per heavy atom. The van der Waals surface area contributed by atoms with Gasteiger partial charge in [0.2, 0.25) is 0 Å². The lowest BCUT2D eigenvalue weighted by molar-refractivity contribution is 0.171. The van der Waals surface area contributed by atoms with E-state index in [1.165, 1.54) is 27.9 Å². The summed E-state index contributed by atoms with van der Waals surface area (Å²) in [5.74, 6) is 2.49. The van der Waals surface area contributed by atoms with E-state index < -0.39 is 0 Å². The fourth-order valence-electron chi connectivity index (χ4n) is 5.84. The summed E-state index contributed by atoms with van der Waals surface area (Å²) in [6.45, 7) is 2.58. The van der Waals surface area contributed by atoms with Crippen LogP contribution in [0, 0.1) is 0 Å². The molecule has 0 saturated carbocycles. The van der Waals surface area contributed by atoms with Crippen LogP contribution < -0.4 is 19.1 Å². The van der Waals surface area contributed by atoms with E-state index in [9.17, 15) is 0 Å². The van der Waals surface area contributed by atoms with Gasteiger partial charge in [-0.25, -0.2) is 0 Å². The molecule has 3 aliphatic heterocycles. The van der Waals surface area contributed by atoms with Gasteiger partial charge in [-0.15, -0.1) is 0 Å². The van der Waals surface area contributed by atoms with Crippen LogP contribution in [0.25, 0.3) is 0 Å². The second kappa shape index (κ2) is 7.56. The highest BCUT2D eigenvalue weighted by Crippen LogP contribution is 2.56. The molecule has 7 rings (SSSR count). The van der Waals surface area contributed by atoms with Crippen molar-refractivity contribution >= 4 is 5.69 Å². The van der Waals surface area contributed by atoms with E-state index in [1.807, 2.05) is 6.07 Å². The first-order valence-corrected chi connectivity index (χ1v) is 11.9. The van der Waals surface area contributed by atoms with Gasteiger partial charge in [0.1, 0.15) is 25.6 Å². The maximum Gasteiger partial charge on any atom is 0.165 e. The Balaban J connectivity index is 1.40. The van der Waals surface area contributed by atoms with Crippen molar-refractivity contribution in [2.75, 3.05) is 31.3 Å². The summed E-state index contributed by atoms with van der Waals surface area (Å²) < 4.78 is 18.1. The number of benzene rings is 4. The largest absolute Gasteiger partial charge is 0.492 e. The summed E-state index contributed by atoms with van der Waals surface area (Å²) in [4.78, 5) is 2.55. The lowest BCUT2D eigenvalue weighted by Crippen LogP contribution is -2.38. The van der Waals surface area contributed by atoms with Crippen LogP contribution in [0.15, 0.2) is 97.1 Å². The molecule has 0 aromatic heterocycles. The zero-order valence-electron chi connectivity index (χ0n) is 18.8. The highest BCUT2D eigenvalue weighted by Gasteiger charge is 2.51. The van der Waals surface area contributed by atoms with E-state index in [1.54, 1.807) is 0 Å². The number of rotatable bonds is 3. The summed E-state index contributed by atoms with van der Waals surface area (Å²) in [5, 5.41) is 0. The number of anilines is 1. The molecule has 1 spiro atoms. The fraction of sp³-hybridized carbons (Fsp3) is 0.200. The first kappa shape index (κ1) is 19.5. The molecule has 0 fully saturated rings. The number of hydrogen-bond donors (Lipinski definition) is 0. The van der Waals surface area contributed by atoms with Gasteiger partial charge >= 0.3 is 0 Å². The highest BCUT2D eigenvalue weighted by molar-refractivity contribution is 5.72. The molecule has 0 radical (unpaired) electrons. The molecular formula is C30H25NO3. The molecule has 1 unspecified atom stereocenters. The smallest absolute Gasteiger partial charge is 0.165 e. The van der Waals surface area contributed by atoms with E-state index in [-0.39, 0.29) is 11.5 Å². The highest BCUT2D eigenvalue weighted by atomic mass is 16.6. The lowest BCUT2D eigenvalue weighted by atomic mass is 9.77. The topological polar surface area (TPSA) is 30.9 Å². The van der Waals surface area contributed by atoms with Crippen molar-refractivity contribution in [3.63, 3.8) is 0 Å². The number of ether oxygens (including phenoxy) is 3. The second-order valence-electron chi connectivity index (χ2n) is 9.23. The molecule has 3 heterocycles. The molecule has 4 nitrogen and oxygen atoms in total. The van der Waals surface area contributed by atoms with E-state index in [4.69, 9.17) is 14.2 Å². The molecule has 3 aliphatic rings. The van der Waals surface area contributed by atoms with Crippen molar-refractivity contribution in [3.05, 3.63) is 119 Å². The Hall–Kier alpha value is -3.92. The summed E-state index contributed by atoms with van der Waals surface area (Å²) >= 11 is 0. The van der Waals surface area contributed by atoms with Crippen LogP contribution in [0.4, 0.5) is 5.69 Å². The van der Waals surface area contributed by atoms with Crippen molar-refractivity contribution in [1.29, 1.82) is 0 Å². The predicted octanol–water partition coefficient (Wildman–Crippen LogP) is 5.75. The van der Waals surface area contributed by atoms with Crippen molar-refractivity contribution in [2.45, 2.75) is 11.5 Å². The summed E-state index contributed by atoms with van der Waals surface area (Å²) in [7, 11) is 0. The average molecular weight is 448 g/mol. The molecular weight excluding hydrogens is 422 g/mol. The summed E-state index contributed by atoms with van der Waals surface area (Å²) in [5.41, 5.74) is 6.05. The third-order valence-electron chi connectivity index (χ3n) is 7.35. The molecule has 0 aliphatic carbocycles. The van der Waals surface area contributed by atoms with Crippen molar-refractivity contribution in [2.24, 2.45) is 0 Å². The number of para-hydroxylation sites is 1. The van der Waals surface area contributed by atoms with Crippen LogP contribution in [0.2, 0.25) is 0 Å². The summed E-state index contributed by atoms with van der Waals surface area (Å²) in [6, 6.07) is 34.6. The third kappa shape index (κ3) is 2.84. The molecule has 0 bridgehead atoms. The molecule has 168 valence electrons. The van der Waals surface area contributed by atoms with Gasteiger partial charge in [0.05, 0.1) is 11.5 Å². The summed E-state index contributed by atoms with van der Waals surface area (Å²) in [6.07, 6.45) is 0. The molecule has 34 heavy (non-hydrogen) atoms. The number of fused-ring (bicyclic) bond motifs is 5. The third-order valence-corrected chi connectivity index (χ3v) is 7.35. The quantitative estimate of drug-likeness (QED) is 0.400. The van der Waals surface area contributed by atoms with Gasteiger partial charge in [-0.05, 0) is 28.8 Å². The molecule has 0 N–H and O–H groups in total. The molecule has 4 heteroatoms. The van der Waals surface area contributed by atoms with Gasteiger partial charge in [0.15, 0.2) is 11.5 Å². The maximum absolute atomic E-state index is 6.34. The minimum Gasteiger partial charge on any atom is -0.492 e. The SMILES string of the molecule is c1ccc(C(c2ccccc2)N2CC3(COc4cc5c(cc43)OCCO5)c3ccccc32)cc1. The Morgan fingerprint density at radius 2 is 1.24 bits per heavy atom. The maximum atomic E-state index is 6.34. The Labute approximate surface area is 199 Å². The zero-order valence-corrected chi connectivity index (χ0v) is 18.8.